The third-order valence-electron chi connectivity index (χ3n) is 1.29. The molecule has 2 heterocycles. The highest BCUT2D eigenvalue weighted by Gasteiger charge is 1.98. The molecule has 4 heteroatoms. The molecule has 1 N–H and O–H groups in total. The van der Waals surface area contributed by atoms with Crippen molar-refractivity contribution in [1.29, 1.82) is 0 Å². The van der Waals surface area contributed by atoms with E-state index in [4.69, 9.17) is 0 Å². The fourth-order valence-electron chi connectivity index (χ4n) is 0.811. The zero-order valence-corrected chi connectivity index (χ0v) is 5.00. The number of hydrogen-bond acceptors (Lipinski definition) is 3. The van der Waals surface area contributed by atoms with Gasteiger partial charge in [-0.15, -0.1) is 0 Å². The van der Waals surface area contributed by atoms with Gasteiger partial charge in [0, 0.05) is 11.6 Å². The fourth-order valence-corrected chi connectivity index (χ4v) is 0.811. The summed E-state index contributed by atoms with van der Waals surface area (Å²) in [6.45, 7) is 0. The maximum absolute atomic E-state index is 10.9. The van der Waals surface area contributed by atoms with Gasteiger partial charge in [-0.05, 0) is 6.07 Å². The Morgan fingerprint density at radius 2 is 2.50 bits per heavy atom. The summed E-state index contributed by atoms with van der Waals surface area (Å²) in [7, 11) is 0. The number of rotatable bonds is 0. The lowest BCUT2D eigenvalue weighted by molar-refractivity contribution is 0.428. The van der Waals surface area contributed by atoms with Crippen molar-refractivity contribution in [2.45, 2.75) is 0 Å². The predicted octanol–water partition coefficient (Wildman–Crippen LogP) is 0.516. The van der Waals surface area contributed by atoms with Gasteiger partial charge in [0.25, 0.3) is 5.56 Å². The van der Waals surface area contributed by atoms with Crippen molar-refractivity contribution in [1.82, 2.24) is 10.1 Å². The molecule has 0 radical (unpaired) electrons. The molecule has 4 nitrogen and oxygen atoms in total. The van der Waals surface area contributed by atoms with Crippen LogP contribution in [0.3, 0.4) is 0 Å². The van der Waals surface area contributed by atoms with Crippen LogP contribution in [0.5, 0.6) is 0 Å². The Morgan fingerprint density at radius 3 is 3.30 bits per heavy atom. The third kappa shape index (κ3) is 0.556. The monoisotopic (exact) mass is 136 g/mol. The summed E-state index contributed by atoms with van der Waals surface area (Å²) in [5.74, 6) is 0. The molecule has 0 atom stereocenters. The minimum absolute atomic E-state index is 0.216. The maximum Gasteiger partial charge on any atom is 0.278 e. The molecule has 50 valence electrons. The molecule has 0 aliphatic carbocycles. The van der Waals surface area contributed by atoms with Crippen molar-refractivity contribution in [2.75, 3.05) is 0 Å². The van der Waals surface area contributed by atoms with Gasteiger partial charge in [-0.1, -0.05) is 5.16 Å². The molecule has 0 spiro atoms. The highest BCUT2D eigenvalue weighted by Crippen LogP contribution is 2.03. The van der Waals surface area contributed by atoms with Crippen molar-refractivity contribution in [2.24, 2.45) is 0 Å². The first kappa shape index (κ1) is 5.22. The number of fused-ring (bicyclic) bond motifs is 1. The second kappa shape index (κ2) is 1.70. The van der Waals surface area contributed by atoms with Gasteiger partial charge >= 0.3 is 0 Å². The van der Waals surface area contributed by atoms with Crippen molar-refractivity contribution in [3.8, 4) is 0 Å². The summed E-state index contributed by atoms with van der Waals surface area (Å²) < 4.78 is 4.58. The summed E-state index contributed by atoms with van der Waals surface area (Å²) in [5, 5.41) is 4.23. The van der Waals surface area contributed by atoms with Crippen LogP contribution >= 0.6 is 0 Å². The number of pyridine rings is 1. The van der Waals surface area contributed by atoms with Crippen LogP contribution in [0.2, 0.25) is 0 Å². The molecule has 2 aromatic heterocycles. The van der Waals surface area contributed by atoms with E-state index in [9.17, 15) is 4.79 Å². The lowest BCUT2D eigenvalue weighted by atomic mass is 10.3. The molecular formula is C6H4N2O2. The summed E-state index contributed by atoms with van der Waals surface area (Å²) in [4.78, 5) is 13.3. The molecule has 10 heavy (non-hydrogen) atoms. The molecule has 0 saturated carbocycles. The average molecular weight is 136 g/mol. The second-order valence-corrected chi connectivity index (χ2v) is 1.93. The number of H-pyrrole nitrogens is 1. The van der Waals surface area contributed by atoms with Crippen LogP contribution in [0, 0.1) is 0 Å². The Morgan fingerprint density at radius 1 is 1.60 bits per heavy atom. The highest BCUT2D eigenvalue weighted by molar-refractivity contribution is 5.75. The van der Waals surface area contributed by atoms with Gasteiger partial charge < -0.3 is 9.51 Å². The lowest BCUT2D eigenvalue weighted by Crippen LogP contribution is -2.03. The minimum Gasteiger partial charge on any atom is -0.363 e. The number of nitrogens with one attached hydrogen (secondary N) is 1. The first-order valence-corrected chi connectivity index (χ1v) is 2.80. The van der Waals surface area contributed by atoms with Gasteiger partial charge in [0.1, 0.15) is 6.26 Å². The Hall–Kier alpha value is -1.58. The van der Waals surface area contributed by atoms with Crippen molar-refractivity contribution < 1.29 is 4.52 Å². The van der Waals surface area contributed by atoms with Crippen LogP contribution in [-0.2, 0) is 0 Å². The summed E-state index contributed by atoms with van der Waals surface area (Å²) in [6.07, 6.45) is 2.99. The first-order valence-electron chi connectivity index (χ1n) is 2.80. The predicted molar refractivity (Wildman–Crippen MR) is 34.6 cm³/mol. The molecule has 0 fully saturated rings. The van der Waals surface area contributed by atoms with Crippen LogP contribution in [0.25, 0.3) is 10.9 Å². The second-order valence-electron chi connectivity index (χ2n) is 1.93. The molecule has 0 amide bonds. The van der Waals surface area contributed by atoms with E-state index < -0.39 is 0 Å². The SMILES string of the molecule is O=c1[nH]ccc2conc12. The minimum atomic E-state index is -0.216. The molecule has 0 bridgehead atoms. The van der Waals surface area contributed by atoms with E-state index in [1.807, 2.05) is 0 Å². The summed E-state index contributed by atoms with van der Waals surface area (Å²) in [5.41, 5.74) is 0.133. The Balaban J connectivity index is 3.09. The van der Waals surface area contributed by atoms with Gasteiger partial charge in [0.05, 0.1) is 0 Å². The molecule has 0 aliphatic heterocycles. The Labute approximate surface area is 55.5 Å². The molecule has 2 rings (SSSR count). The van der Waals surface area contributed by atoms with Gasteiger partial charge in [-0.3, -0.25) is 4.79 Å². The van der Waals surface area contributed by atoms with Gasteiger partial charge in [-0.2, -0.15) is 0 Å². The normalized spacial score (nSPS) is 10.4. The van der Waals surface area contributed by atoms with E-state index in [0.29, 0.717) is 5.52 Å². The van der Waals surface area contributed by atoms with Crippen LogP contribution < -0.4 is 5.56 Å². The van der Waals surface area contributed by atoms with Gasteiger partial charge in [-0.25, -0.2) is 0 Å². The van der Waals surface area contributed by atoms with Gasteiger partial charge in [0.15, 0.2) is 5.52 Å². The summed E-state index contributed by atoms with van der Waals surface area (Å²) in [6, 6.07) is 1.73. The third-order valence-corrected chi connectivity index (χ3v) is 1.29. The van der Waals surface area contributed by atoms with E-state index in [0.717, 1.165) is 5.39 Å². The molecule has 2 aromatic rings. The Kier molecular flexibility index (Phi) is 0.887. The van der Waals surface area contributed by atoms with E-state index in [-0.39, 0.29) is 5.56 Å². The maximum atomic E-state index is 10.9. The van der Waals surface area contributed by atoms with Gasteiger partial charge in [0.2, 0.25) is 0 Å². The van der Waals surface area contributed by atoms with E-state index >= 15 is 0 Å². The number of aromatic amines is 1. The van der Waals surface area contributed by atoms with E-state index in [1.165, 1.54) is 6.26 Å². The van der Waals surface area contributed by atoms with E-state index in [2.05, 4.69) is 14.7 Å². The van der Waals surface area contributed by atoms with Crippen molar-refractivity contribution >= 4 is 10.9 Å². The highest BCUT2D eigenvalue weighted by atomic mass is 16.5. The van der Waals surface area contributed by atoms with Crippen molar-refractivity contribution in [3.05, 3.63) is 28.9 Å². The standard InChI is InChI=1S/C6H4N2O2/c9-6-5-4(1-2-7-6)3-10-8-5/h1-3H,(H,7,9). The molecule has 0 aliphatic rings. The number of aromatic nitrogens is 2. The molecular weight excluding hydrogens is 132 g/mol. The quantitative estimate of drug-likeness (QED) is 0.574. The Bertz CT molecular complexity index is 401. The number of hydrogen-bond donors (Lipinski definition) is 1. The topological polar surface area (TPSA) is 58.9 Å². The lowest BCUT2D eigenvalue weighted by Gasteiger charge is -1.79. The smallest absolute Gasteiger partial charge is 0.278 e. The average Bonchev–Trinajstić information content (AvgIpc) is 2.36. The van der Waals surface area contributed by atoms with E-state index in [1.54, 1.807) is 12.3 Å². The zero-order valence-electron chi connectivity index (χ0n) is 5.00. The molecule has 0 unspecified atom stereocenters. The first-order chi connectivity index (χ1) is 4.88. The number of nitrogens with zero attached hydrogens (tertiary/aromatic N) is 1. The largest absolute Gasteiger partial charge is 0.363 e. The molecule has 0 saturated heterocycles. The van der Waals surface area contributed by atoms with Crippen LogP contribution in [-0.4, -0.2) is 10.1 Å². The van der Waals surface area contributed by atoms with Crippen LogP contribution in [0.4, 0.5) is 0 Å². The fraction of sp³-hybridized carbons (Fsp3) is 0. The van der Waals surface area contributed by atoms with Crippen LogP contribution in [0.15, 0.2) is 27.8 Å². The molecule has 0 aromatic carbocycles. The van der Waals surface area contributed by atoms with Crippen molar-refractivity contribution in [3.63, 3.8) is 0 Å². The summed E-state index contributed by atoms with van der Waals surface area (Å²) >= 11 is 0. The van der Waals surface area contributed by atoms with Crippen LogP contribution in [0.1, 0.15) is 0 Å². The zero-order chi connectivity index (χ0) is 6.97.